The van der Waals surface area contributed by atoms with Gasteiger partial charge in [0.1, 0.15) is 12.2 Å². The molecule has 1 amide bonds. The number of aryl methyl sites for hydroxylation is 1. The zero-order valence-electron chi connectivity index (χ0n) is 10.2. The molecule has 100 valence electrons. The Morgan fingerprint density at radius 2 is 2.32 bits per heavy atom. The fourth-order valence-corrected chi connectivity index (χ4v) is 2.30. The van der Waals surface area contributed by atoms with E-state index in [4.69, 9.17) is 0 Å². The van der Waals surface area contributed by atoms with Crippen LogP contribution in [0.3, 0.4) is 0 Å². The predicted molar refractivity (Wildman–Crippen MR) is 67.9 cm³/mol. The molecule has 0 aliphatic rings. The monoisotopic (exact) mass is 281 g/mol. The lowest BCUT2D eigenvalue weighted by Crippen LogP contribution is -2.27. The van der Waals surface area contributed by atoms with Crippen molar-refractivity contribution in [2.45, 2.75) is 13.0 Å². The summed E-state index contributed by atoms with van der Waals surface area (Å²) in [7, 11) is 1.72. The Morgan fingerprint density at radius 3 is 2.84 bits per heavy atom. The van der Waals surface area contributed by atoms with E-state index in [1.165, 1.54) is 18.5 Å². The first-order valence-corrected chi connectivity index (χ1v) is 6.19. The molecule has 0 spiro atoms. The van der Waals surface area contributed by atoms with E-state index in [2.05, 4.69) is 15.4 Å². The van der Waals surface area contributed by atoms with E-state index in [-0.39, 0.29) is 17.0 Å². The van der Waals surface area contributed by atoms with Crippen molar-refractivity contribution in [3.05, 3.63) is 39.3 Å². The van der Waals surface area contributed by atoms with Crippen LogP contribution in [0.5, 0.6) is 0 Å². The van der Waals surface area contributed by atoms with Gasteiger partial charge in [-0.05, 0) is 13.0 Å². The number of nitrogens with one attached hydrogen (secondary N) is 1. The summed E-state index contributed by atoms with van der Waals surface area (Å²) in [6.07, 6.45) is 1.40. The average Bonchev–Trinajstić information content (AvgIpc) is 2.96. The third-order valence-electron chi connectivity index (χ3n) is 2.48. The number of aromatic nitrogens is 3. The molecule has 2 aromatic rings. The third-order valence-corrected chi connectivity index (χ3v) is 3.51. The topological polar surface area (TPSA) is 103 Å². The normalized spacial score (nSPS) is 12.1. The van der Waals surface area contributed by atoms with Crippen LogP contribution in [0, 0.1) is 10.1 Å². The molecule has 0 saturated carbocycles. The third kappa shape index (κ3) is 2.76. The quantitative estimate of drug-likeness (QED) is 0.671. The minimum absolute atomic E-state index is 0.0588. The van der Waals surface area contributed by atoms with Gasteiger partial charge in [-0.1, -0.05) is 11.3 Å². The molecule has 1 N–H and O–H groups in total. The molecular formula is C10H11N5O3S. The van der Waals surface area contributed by atoms with E-state index in [1.54, 1.807) is 18.7 Å². The Hall–Kier alpha value is -2.29. The van der Waals surface area contributed by atoms with Crippen LogP contribution < -0.4 is 5.32 Å². The van der Waals surface area contributed by atoms with Crippen molar-refractivity contribution in [1.82, 2.24) is 20.1 Å². The summed E-state index contributed by atoms with van der Waals surface area (Å²) >= 11 is 0.839. The summed E-state index contributed by atoms with van der Waals surface area (Å²) in [5.41, 5.74) is 0. The molecule has 0 saturated heterocycles. The van der Waals surface area contributed by atoms with Crippen LogP contribution in [0.25, 0.3) is 0 Å². The van der Waals surface area contributed by atoms with Crippen molar-refractivity contribution in [3.8, 4) is 0 Å². The SMILES string of the molecule is C[C@H](NC(=O)c1ccc([N+](=O)[O-])s1)c1ncnn1C. The van der Waals surface area contributed by atoms with Crippen LogP contribution in [0.4, 0.5) is 5.00 Å². The van der Waals surface area contributed by atoms with Gasteiger partial charge in [0.15, 0.2) is 0 Å². The van der Waals surface area contributed by atoms with Crippen molar-refractivity contribution in [3.63, 3.8) is 0 Å². The Bertz CT molecular complexity index is 620. The second kappa shape index (κ2) is 5.14. The first kappa shape index (κ1) is 13.1. The largest absolute Gasteiger partial charge is 0.342 e. The van der Waals surface area contributed by atoms with Crippen molar-refractivity contribution >= 4 is 22.2 Å². The number of rotatable bonds is 4. The number of nitro groups is 1. The van der Waals surface area contributed by atoms with Gasteiger partial charge in [-0.2, -0.15) is 5.10 Å². The van der Waals surface area contributed by atoms with Gasteiger partial charge in [0, 0.05) is 13.1 Å². The highest BCUT2D eigenvalue weighted by Gasteiger charge is 2.19. The number of hydrogen-bond donors (Lipinski definition) is 1. The molecule has 8 nitrogen and oxygen atoms in total. The van der Waals surface area contributed by atoms with Gasteiger partial charge in [-0.3, -0.25) is 19.6 Å². The highest BCUT2D eigenvalue weighted by Crippen LogP contribution is 2.24. The summed E-state index contributed by atoms with van der Waals surface area (Å²) in [6.45, 7) is 1.77. The molecule has 0 aliphatic heterocycles. The van der Waals surface area contributed by atoms with Gasteiger partial charge in [-0.25, -0.2) is 4.98 Å². The standard InChI is InChI=1S/C10H11N5O3S/c1-6(9-11-5-12-14(9)2)13-10(16)7-3-4-8(19-7)15(17)18/h3-6H,1-2H3,(H,13,16)/t6-/m0/s1. The number of carbonyl (C=O) groups excluding carboxylic acids is 1. The van der Waals surface area contributed by atoms with Gasteiger partial charge >= 0.3 is 5.00 Å². The smallest absolute Gasteiger partial charge is 0.324 e. The molecule has 0 aromatic carbocycles. The van der Waals surface area contributed by atoms with Crippen molar-refractivity contribution in [2.75, 3.05) is 0 Å². The average molecular weight is 281 g/mol. The number of carbonyl (C=O) groups is 1. The minimum atomic E-state index is -0.520. The van der Waals surface area contributed by atoms with Gasteiger partial charge in [0.05, 0.1) is 15.8 Å². The number of hydrogen-bond acceptors (Lipinski definition) is 6. The molecule has 19 heavy (non-hydrogen) atoms. The van der Waals surface area contributed by atoms with Gasteiger partial charge in [0.25, 0.3) is 5.91 Å². The van der Waals surface area contributed by atoms with Crippen LogP contribution in [0.2, 0.25) is 0 Å². The minimum Gasteiger partial charge on any atom is -0.342 e. The summed E-state index contributed by atoms with van der Waals surface area (Å²) in [4.78, 5) is 26.3. The van der Waals surface area contributed by atoms with Crippen LogP contribution in [-0.4, -0.2) is 25.6 Å². The maximum absolute atomic E-state index is 11.9. The van der Waals surface area contributed by atoms with Crippen LogP contribution in [0.1, 0.15) is 28.5 Å². The van der Waals surface area contributed by atoms with Crippen molar-refractivity contribution in [2.24, 2.45) is 7.05 Å². The molecule has 2 rings (SSSR count). The maximum Gasteiger partial charge on any atom is 0.324 e. The van der Waals surface area contributed by atoms with Crippen LogP contribution in [-0.2, 0) is 7.05 Å². The van der Waals surface area contributed by atoms with E-state index in [0.29, 0.717) is 10.7 Å². The lowest BCUT2D eigenvalue weighted by Gasteiger charge is -2.11. The molecule has 1 atom stereocenters. The molecule has 0 unspecified atom stereocenters. The summed E-state index contributed by atoms with van der Waals surface area (Å²) in [6, 6.07) is 2.41. The van der Waals surface area contributed by atoms with E-state index in [0.717, 1.165) is 11.3 Å². The van der Waals surface area contributed by atoms with Crippen LogP contribution >= 0.6 is 11.3 Å². The van der Waals surface area contributed by atoms with E-state index < -0.39 is 4.92 Å². The Kier molecular flexibility index (Phi) is 3.56. The summed E-state index contributed by atoms with van der Waals surface area (Å²) in [5, 5.41) is 17.1. The predicted octanol–water partition coefficient (Wildman–Crippen LogP) is 1.28. The van der Waals surface area contributed by atoms with Gasteiger partial charge < -0.3 is 5.32 Å². The molecule has 0 radical (unpaired) electrons. The second-order valence-corrected chi connectivity index (χ2v) is 4.89. The maximum atomic E-state index is 11.9. The molecule has 0 aliphatic carbocycles. The van der Waals surface area contributed by atoms with E-state index in [1.807, 2.05) is 0 Å². The van der Waals surface area contributed by atoms with E-state index >= 15 is 0 Å². The second-order valence-electron chi connectivity index (χ2n) is 3.83. The van der Waals surface area contributed by atoms with Gasteiger partial charge in [-0.15, -0.1) is 0 Å². The number of nitrogens with zero attached hydrogens (tertiary/aromatic N) is 4. The molecular weight excluding hydrogens is 270 g/mol. The fraction of sp³-hybridized carbons (Fsp3) is 0.300. The first-order valence-electron chi connectivity index (χ1n) is 5.38. The van der Waals surface area contributed by atoms with E-state index in [9.17, 15) is 14.9 Å². The highest BCUT2D eigenvalue weighted by molar-refractivity contribution is 7.17. The highest BCUT2D eigenvalue weighted by atomic mass is 32.1. The Morgan fingerprint density at radius 1 is 1.58 bits per heavy atom. The molecule has 2 heterocycles. The zero-order chi connectivity index (χ0) is 14.0. The fourth-order valence-electron chi connectivity index (χ4n) is 1.58. The summed E-state index contributed by atoms with van der Waals surface area (Å²) < 4.78 is 1.56. The van der Waals surface area contributed by atoms with Crippen LogP contribution in [0.15, 0.2) is 18.5 Å². The lowest BCUT2D eigenvalue weighted by molar-refractivity contribution is -0.380. The first-order chi connectivity index (χ1) is 8.99. The Labute approximate surface area is 112 Å². The molecule has 0 fully saturated rings. The molecule has 0 bridgehead atoms. The number of amides is 1. The Balaban J connectivity index is 2.08. The lowest BCUT2D eigenvalue weighted by atomic mass is 10.3. The van der Waals surface area contributed by atoms with Gasteiger partial charge in [0.2, 0.25) is 0 Å². The molecule has 2 aromatic heterocycles. The van der Waals surface area contributed by atoms with Crippen molar-refractivity contribution in [1.29, 1.82) is 0 Å². The zero-order valence-corrected chi connectivity index (χ0v) is 11.0. The number of thiophene rings is 1. The summed E-state index contributed by atoms with van der Waals surface area (Å²) in [5.74, 6) is 0.244. The van der Waals surface area contributed by atoms with Crippen molar-refractivity contribution < 1.29 is 9.72 Å². The molecule has 9 heteroatoms.